The van der Waals surface area contributed by atoms with Gasteiger partial charge in [0.2, 0.25) is 0 Å². The van der Waals surface area contributed by atoms with Crippen LogP contribution < -0.4 is 5.32 Å². The topological polar surface area (TPSA) is 41.0 Å². The zero-order valence-electron chi connectivity index (χ0n) is 13.4. The number of nitrogens with one attached hydrogen (secondary N) is 1. The summed E-state index contributed by atoms with van der Waals surface area (Å²) in [6, 6.07) is 1.31. The summed E-state index contributed by atoms with van der Waals surface area (Å²) in [4.78, 5) is 14.1. The van der Waals surface area contributed by atoms with E-state index in [4.69, 9.17) is 0 Å². The standard InChI is InChI=1S/C17H24N4S/c1-21(2)12-8-6-11(7-9-12)20-16-15-13-4-3-5-14(13)22-17(15)19-10-18-16/h10-12H,3-9H2,1-2H3,(H,18,19,20)/t11-,12+. The second-order valence-corrected chi connectivity index (χ2v) is 7.96. The quantitative estimate of drug-likeness (QED) is 0.941. The first-order valence-electron chi connectivity index (χ1n) is 8.40. The first kappa shape index (κ1) is 14.4. The van der Waals surface area contributed by atoms with E-state index in [1.54, 1.807) is 6.33 Å². The van der Waals surface area contributed by atoms with E-state index in [1.165, 1.54) is 65.6 Å². The molecule has 0 unspecified atom stereocenters. The van der Waals surface area contributed by atoms with Gasteiger partial charge in [-0.2, -0.15) is 0 Å². The smallest absolute Gasteiger partial charge is 0.138 e. The van der Waals surface area contributed by atoms with Gasteiger partial charge in [-0.3, -0.25) is 0 Å². The maximum atomic E-state index is 4.58. The third-order valence-corrected chi connectivity index (χ3v) is 6.47. The van der Waals surface area contributed by atoms with E-state index < -0.39 is 0 Å². The molecule has 0 aliphatic heterocycles. The normalized spacial score (nSPS) is 24.9. The van der Waals surface area contributed by atoms with Crippen LogP contribution in [-0.2, 0) is 12.8 Å². The molecule has 2 aliphatic carbocycles. The molecule has 0 aromatic carbocycles. The van der Waals surface area contributed by atoms with Crippen LogP contribution in [0.5, 0.6) is 0 Å². The van der Waals surface area contributed by atoms with E-state index in [2.05, 4.69) is 34.3 Å². The number of anilines is 1. The van der Waals surface area contributed by atoms with Gasteiger partial charge in [0.1, 0.15) is 17.0 Å². The van der Waals surface area contributed by atoms with Gasteiger partial charge in [0.05, 0.1) is 5.39 Å². The summed E-state index contributed by atoms with van der Waals surface area (Å²) < 4.78 is 0. The largest absolute Gasteiger partial charge is 0.367 e. The number of rotatable bonds is 3. The van der Waals surface area contributed by atoms with Gasteiger partial charge in [-0.05, 0) is 64.6 Å². The predicted molar refractivity (Wildman–Crippen MR) is 92.8 cm³/mol. The Morgan fingerprint density at radius 1 is 1.14 bits per heavy atom. The van der Waals surface area contributed by atoms with Crippen molar-refractivity contribution in [3.8, 4) is 0 Å². The molecule has 118 valence electrons. The molecule has 1 saturated carbocycles. The molecule has 2 aromatic heterocycles. The molecule has 0 atom stereocenters. The van der Waals surface area contributed by atoms with Gasteiger partial charge < -0.3 is 10.2 Å². The highest BCUT2D eigenvalue weighted by atomic mass is 32.1. The van der Waals surface area contributed by atoms with E-state index in [9.17, 15) is 0 Å². The first-order valence-corrected chi connectivity index (χ1v) is 9.22. The summed E-state index contributed by atoms with van der Waals surface area (Å²) in [6.45, 7) is 0. The molecule has 2 aromatic rings. The minimum absolute atomic E-state index is 0.561. The van der Waals surface area contributed by atoms with E-state index in [-0.39, 0.29) is 0 Å². The Balaban J connectivity index is 1.55. The Morgan fingerprint density at radius 2 is 1.95 bits per heavy atom. The molecule has 1 N–H and O–H groups in total. The highest BCUT2D eigenvalue weighted by Gasteiger charge is 2.25. The minimum atomic E-state index is 0.561. The van der Waals surface area contributed by atoms with Crippen molar-refractivity contribution in [3.05, 3.63) is 16.8 Å². The lowest BCUT2D eigenvalue weighted by molar-refractivity contribution is 0.221. The number of thiophene rings is 1. The fourth-order valence-corrected chi connectivity index (χ4v) is 5.20. The number of nitrogens with zero attached hydrogens (tertiary/aromatic N) is 3. The van der Waals surface area contributed by atoms with Gasteiger partial charge >= 0.3 is 0 Å². The molecule has 0 radical (unpaired) electrons. The van der Waals surface area contributed by atoms with Crippen LogP contribution in [0.3, 0.4) is 0 Å². The Bertz CT molecular complexity index is 671. The van der Waals surface area contributed by atoms with E-state index in [1.807, 2.05) is 11.3 Å². The number of aromatic nitrogens is 2. The van der Waals surface area contributed by atoms with Gasteiger partial charge in [-0.25, -0.2) is 9.97 Å². The third kappa shape index (κ3) is 2.50. The monoisotopic (exact) mass is 316 g/mol. The molecule has 0 amide bonds. The zero-order chi connectivity index (χ0) is 15.1. The second-order valence-electron chi connectivity index (χ2n) is 6.87. The van der Waals surface area contributed by atoms with Crippen molar-refractivity contribution in [2.45, 2.75) is 57.0 Å². The van der Waals surface area contributed by atoms with Crippen molar-refractivity contribution in [2.24, 2.45) is 0 Å². The first-order chi connectivity index (χ1) is 10.7. The summed E-state index contributed by atoms with van der Waals surface area (Å²) in [5.41, 5.74) is 1.52. The summed E-state index contributed by atoms with van der Waals surface area (Å²) in [7, 11) is 4.39. The minimum Gasteiger partial charge on any atom is -0.367 e. The molecule has 4 nitrogen and oxygen atoms in total. The average Bonchev–Trinajstić information content (AvgIpc) is 3.08. The number of aryl methyl sites for hydroxylation is 2. The number of hydrogen-bond donors (Lipinski definition) is 1. The molecule has 2 aliphatic rings. The molecule has 0 bridgehead atoms. The molecule has 22 heavy (non-hydrogen) atoms. The predicted octanol–water partition coefficient (Wildman–Crippen LogP) is 3.46. The Labute approximate surface area is 136 Å². The highest BCUT2D eigenvalue weighted by molar-refractivity contribution is 7.19. The number of fused-ring (bicyclic) bond motifs is 3. The van der Waals surface area contributed by atoms with Crippen LogP contribution in [0.15, 0.2) is 6.33 Å². The van der Waals surface area contributed by atoms with Crippen LogP contribution in [0.2, 0.25) is 0 Å². The lowest BCUT2D eigenvalue weighted by Crippen LogP contribution is -2.36. The van der Waals surface area contributed by atoms with Crippen LogP contribution in [0.1, 0.15) is 42.5 Å². The Kier molecular flexibility index (Phi) is 3.78. The van der Waals surface area contributed by atoms with Gasteiger partial charge in [0, 0.05) is 17.0 Å². The molecular formula is C17H24N4S. The van der Waals surface area contributed by atoms with Gasteiger partial charge in [0.25, 0.3) is 0 Å². The van der Waals surface area contributed by atoms with Crippen LogP contribution in [0.4, 0.5) is 5.82 Å². The van der Waals surface area contributed by atoms with Crippen molar-refractivity contribution in [2.75, 3.05) is 19.4 Å². The van der Waals surface area contributed by atoms with E-state index in [0.29, 0.717) is 6.04 Å². The fraction of sp³-hybridized carbons (Fsp3) is 0.647. The summed E-state index contributed by atoms with van der Waals surface area (Å²) >= 11 is 1.87. The second kappa shape index (κ2) is 5.78. The van der Waals surface area contributed by atoms with Crippen molar-refractivity contribution < 1.29 is 0 Å². The number of hydrogen-bond acceptors (Lipinski definition) is 5. The maximum absolute atomic E-state index is 4.58. The Hall–Kier alpha value is -1.20. The van der Waals surface area contributed by atoms with Gasteiger partial charge in [0.15, 0.2) is 0 Å². The molecule has 0 saturated heterocycles. The summed E-state index contributed by atoms with van der Waals surface area (Å²) in [5.74, 6) is 1.08. The molecule has 5 heteroatoms. The fourth-order valence-electron chi connectivity index (χ4n) is 3.97. The molecule has 4 rings (SSSR count). The van der Waals surface area contributed by atoms with Crippen molar-refractivity contribution >= 4 is 27.4 Å². The third-order valence-electron chi connectivity index (χ3n) is 5.27. The summed E-state index contributed by atoms with van der Waals surface area (Å²) in [6.07, 6.45) is 10.5. The molecule has 2 heterocycles. The zero-order valence-corrected chi connectivity index (χ0v) is 14.2. The lowest BCUT2D eigenvalue weighted by Gasteiger charge is -2.33. The van der Waals surface area contributed by atoms with Gasteiger partial charge in [-0.1, -0.05) is 0 Å². The highest BCUT2D eigenvalue weighted by Crippen LogP contribution is 2.39. The Morgan fingerprint density at radius 3 is 2.73 bits per heavy atom. The van der Waals surface area contributed by atoms with E-state index >= 15 is 0 Å². The molecule has 0 spiro atoms. The van der Waals surface area contributed by atoms with Crippen LogP contribution in [0, 0.1) is 0 Å². The van der Waals surface area contributed by atoms with Gasteiger partial charge in [-0.15, -0.1) is 11.3 Å². The maximum Gasteiger partial charge on any atom is 0.138 e. The van der Waals surface area contributed by atoms with Crippen LogP contribution in [-0.4, -0.2) is 41.0 Å². The van der Waals surface area contributed by atoms with Crippen molar-refractivity contribution in [1.82, 2.24) is 14.9 Å². The van der Waals surface area contributed by atoms with Crippen LogP contribution in [0.25, 0.3) is 10.2 Å². The molecule has 1 fully saturated rings. The van der Waals surface area contributed by atoms with Crippen molar-refractivity contribution in [3.63, 3.8) is 0 Å². The van der Waals surface area contributed by atoms with Crippen LogP contribution >= 0.6 is 11.3 Å². The SMILES string of the molecule is CN(C)[C@H]1CC[C@@H](Nc2ncnc3sc4c(c23)CCC4)CC1. The average molecular weight is 316 g/mol. The van der Waals surface area contributed by atoms with Crippen molar-refractivity contribution in [1.29, 1.82) is 0 Å². The lowest BCUT2D eigenvalue weighted by atomic mass is 9.90. The molecular weight excluding hydrogens is 292 g/mol. The van der Waals surface area contributed by atoms with E-state index in [0.717, 1.165) is 11.9 Å². The summed E-state index contributed by atoms with van der Waals surface area (Å²) in [5, 5.41) is 5.05.